The fourth-order valence-electron chi connectivity index (χ4n) is 2.85. The first-order chi connectivity index (χ1) is 13.8. The summed E-state index contributed by atoms with van der Waals surface area (Å²) in [6.07, 6.45) is 2.50. The van der Waals surface area contributed by atoms with Crippen molar-refractivity contribution in [2.75, 3.05) is 5.43 Å². The van der Waals surface area contributed by atoms with E-state index in [-0.39, 0.29) is 10.9 Å². The Morgan fingerprint density at radius 1 is 1.03 bits per heavy atom. The SMILES string of the molecule is Cc1ccc(-n2ncc3c(=O)n(NC(=O)c4ccc(F)c(F)c4)cnc32)cc1C. The van der Waals surface area contributed by atoms with E-state index >= 15 is 0 Å². The first-order valence-corrected chi connectivity index (χ1v) is 8.64. The molecule has 29 heavy (non-hydrogen) atoms. The number of halogens is 2. The molecule has 0 fully saturated rings. The molecule has 1 N–H and O–H groups in total. The van der Waals surface area contributed by atoms with Crippen LogP contribution in [0.1, 0.15) is 21.5 Å². The van der Waals surface area contributed by atoms with Crippen LogP contribution in [0.4, 0.5) is 8.78 Å². The van der Waals surface area contributed by atoms with Gasteiger partial charge in [-0.25, -0.2) is 23.1 Å². The Labute approximate surface area is 163 Å². The van der Waals surface area contributed by atoms with E-state index < -0.39 is 23.1 Å². The highest BCUT2D eigenvalue weighted by Gasteiger charge is 2.15. The number of benzene rings is 2. The Hall–Kier alpha value is -3.88. The van der Waals surface area contributed by atoms with Gasteiger partial charge in [-0.2, -0.15) is 5.10 Å². The summed E-state index contributed by atoms with van der Waals surface area (Å²) in [5.41, 5.74) is 4.89. The van der Waals surface area contributed by atoms with Gasteiger partial charge in [-0.1, -0.05) is 6.07 Å². The highest BCUT2D eigenvalue weighted by molar-refractivity contribution is 6.00. The molecule has 0 spiro atoms. The summed E-state index contributed by atoms with van der Waals surface area (Å²) < 4.78 is 28.8. The molecule has 1 amide bonds. The first kappa shape index (κ1) is 18.5. The number of aromatic nitrogens is 4. The van der Waals surface area contributed by atoms with Gasteiger partial charge in [0.2, 0.25) is 0 Å². The Morgan fingerprint density at radius 2 is 1.83 bits per heavy atom. The van der Waals surface area contributed by atoms with Crippen molar-refractivity contribution < 1.29 is 13.6 Å². The molecule has 2 heterocycles. The zero-order valence-corrected chi connectivity index (χ0v) is 15.5. The molecule has 0 radical (unpaired) electrons. The predicted octanol–water partition coefficient (Wildman–Crippen LogP) is 2.86. The van der Waals surface area contributed by atoms with Gasteiger partial charge in [0.05, 0.1) is 11.9 Å². The van der Waals surface area contributed by atoms with E-state index in [2.05, 4.69) is 15.5 Å². The predicted molar refractivity (Wildman–Crippen MR) is 103 cm³/mol. The molecule has 0 saturated heterocycles. The molecule has 146 valence electrons. The minimum absolute atomic E-state index is 0.137. The molecule has 0 unspecified atom stereocenters. The van der Waals surface area contributed by atoms with Crippen LogP contribution in [0.3, 0.4) is 0 Å². The van der Waals surface area contributed by atoms with Crippen molar-refractivity contribution in [2.24, 2.45) is 0 Å². The van der Waals surface area contributed by atoms with E-state index in [1.165, 1.54) is 10.9 Å². The number of rotatable bonds is 3. The summed E-state index contributed by atoms with van der Waals surface area (Å²) in [7, 11) is 0. The van der Waals surface area contributed by atoms with Gasteiger partial charge in [0, 0.05) is 5.56 Å². The summed E-state index contributed by atoms with van der Waals surface area (Å²) in [6, 6.07) is 8.44. The van der Waals surface area contributed by atoms with Crippen LogP contribution < -0.4 is 11.0 Å². The number of amides is 1. The first-order valence-electron chi connectivity index (χ1n) is 8.64. The monoisotopic (exact) mass is 395 g/mol. The second-order valence-corrected chi connectivity index (χ2v) is 6.55. The molecule has 2 aromatic heterocycles. The van der Waals surface area contributed by atoms with Crippen LogP contribution in [-0.2, 0) is 0 Å². The summed E-state index contributed by atoms with van der Waals surface area (Å²) >= 11 is 0. The standard InChI is InChI=1S/C20H15F2N5O2/c1-11-3-5-14(7-12(11)2)27-18-15(9-24-27)20(29)26(10-23-18)25-19(28)13-4-6-16(21)17(22)8-13/h3-10H,1-2H3,(H,25,28). The number of nitrogens with zero attached hydrogens (tertiary/aromatic N) is 4. The smallest absolute Gasteiger partial charge is 0.267 e. The molecule has 4 rings (SSSR count). The van der Waals surface area contributed by atoms with E-state index in [9.17, 15) is 18.4 Å². The van der Waals surface area contributed by atoms with Gasteiger partial charge in [0.25, 0.3) is 11.5 Å². The molecule has 0 aliphatic carbocycles. The molecule has 9 heteroatoms. The molecular weight excluding hydrogens is 380 g/mol. The number of nitrogens with one attached hydrogen (secondary N) is 1. The normalized spacial score (nSPS) is 11.0. The lowest BCUT2D eigenvalue weighted by Crippen LogP contribution is -2.33. The van der Waals surface area contributed by atoms with Gasteiger partial charge >= 0.3 is 0 Å². The Morgan fingerprint density at radius 3 is 2.55 bits per heavy atom. The van der Waals surface area contributed by atoms with Crippen LogP contribution in [0, 0.1) is 25.5 Å². The highest BCUT2D eigenvalue weighted by Crippen LogP contribution is 2.17. The fraction of sp³-hybridized carbons (Fsp3) is 0.100. The van der Waals surface area contributed by atoms with Gasteiger partial charge in [-0.15, -0.1) is 0 Å². The van der Waals surface area contributed by atoms with Crippen molar-refractivity contribution >= 4 is 16.9 Å². The van der Waals surface area contributed by atoms with Gasteiger partial charge < -0.3 is 0 Å². The van der Waals surface area contributed by atoms with Crippen LogP contribution in [0.25, 0.3) is 16.7 Å². The lowest BCUT2D eigenvalue weighted by Gasteiger charge is -2.09. The zero-order valence-electron chi connectivity index (χ0n) is 15.5. The largest absolute Gasteiger partial charge is 0.283 e. The second kappa shape index (κ2) is 6.93. The summed E-state index contributed by atoms with van der Waals surface area (Å²) in [4.78, 5) is 29.2. The molecule has 0 aliphatic heterocycles. The fourth-order valence-corrected chi connectivity index (χ4v) is 2.85. The highest BCUT2D eigenvalue weighted by atomic mass is 19.2. The Balaban J connectivity index is 1.70. The van der Waals surface area contributed by atoms with Crippen LogP contribution in [0.15, 0.2) is 53.7 Å². The third kappa shape index (κ3) is 3.27. The minimum Gasteiger partial charge on any atom is -0.267 e. The van der Waals surface area contributed by atoms with Crippen LogP contribution >= 0.6 is 0 Å². The number of aryl methyl sites for hydroxylation is 2. The Bertz CT molecular complexity index is 1330. The molecule has 0 bridgehead atoms. The molecule has 0 aliphatic rings. The van der Waals surface area contributed by atoms with Gasteiger partial charge in [-0.3, -0.25) is 15.0 Å². The van der Waals surface area contributed by atoms with E-state index in [1.54, 1.807) is 0 Å². The number of carbonyl (C=O) groups is 1. The van der Waals surface area contributed by atoms with Crippen molar-refractivity contribution in [3.05, 3.63) is 87.6 Å². The lowest BCUT2D eigenvalue weighted by molar-refractivity contribution is 0.101. The summed E-state index contributed by atoms with van der Waals surface area (Å²) in [5, 5.41) is 4.42. The Kier molecular flexibility index (Phi) is 4.42. The van der Waals surface area contributed by atoms with Gasteiger partial charge in [0.15, 0.2) is 17.3 Å². The van der Waals surface area contributed by atoms with Gasteiger partial charge in [0.1, 0.15) is 11.7 Å². The number of hydrogen-bond donors (Lipinski definition) is 1. The van der Waals surface area contributed by atoms with E-state index in [4.69, 9.17) is 0 Å². The van der Waals surface area contributed by atoms with Crippen LogP contribution in [-0.4, -0.2) is 25.3 Å². The van der Waals surface area contributed by atoms with Gasteiger partial charge in [-0.05, 0) is 55.3 Å². The molecular formula is C20H15F2N5O2. The third-order valence-corrected chi connectivity index (χ3v) is 4.63. The second-order valence-electron chi connectivity index (χ2n) is 6.55. The van der Waals surface area contributed by atoms with Crippen molar-refractivity contribution in [2.45, 2.75) is 13.8 Å². The topological polar surface area (TPSA) is 81.8 Å². The lowest BCUT2D eigenvalue weighted by atomic mass is 10.1. The molecule has 0 saturated carbocycles. The maximum Gasteiger partial charge on any atom is 0.283 e. The minimum atomic E-state index is -1.16. The van der Waals surface area contributed by atoms with E-state index in [1.807, 2.05) is 32.0 Å². The average Bonchev–Trinajstić information content (AvgIpc) is 3.13. The quantitative estimate of drug-likeness (QED) is 0.578. The molecule has 4 aromatic rings. The van der Waals surface area contributed by atoms with Crippen molar-refractivity contribution in [1.29, 1.82) is 0 Å². The van der Waals surface area contributed by atoms with E-state index in [0.717, 1.165) is 46.0 Å². The van der Waals surface area contributed by atoms with Crippen LogP contribution in [0.5, 0.6) is 0 Å². The summed E-state index contributed by atoms with van der Waals surface area (Å²) in [5.74, 6) is -3.01. The molecule has 2 aromatic carbocycles. The molecule has 0 atom stereocenters. The molecule has 7 nitrogen and oxygen atoms in total. The maximum absolute atomic E-state index is 13.3. The number of hydrogen-bond acceptors (Lipinski definition) is 4. The van der Waals surface area contributed by atoms with Crippen molar-refractivity contribution in [1.82, 2.24) is 19.4 Å². The summed E-state index contributed by atoms with van der Waals surface area (Å²) in [6.45, 7) is 3.96. The zero-order chi connectivity index (χ0) is 20.7. The number of carbonyl (C=O) groups excluding carboxylic acids is 1. The maximum atomic E-state index is 13.3. The van der Waals surface area contributed by atoms with Crippen LogP contribution in [0.2, 0.25) is 0 Å². The number of fused-ring (bicyclic) bond motifs is 1. The van der Waals surface area contributed by atoms with Crippen molar-refractivity contribution in [3.63, 3.8) is 0 Å². The van der Waals surface area contributed by atoms with Crippen molar-refractivity contribution in [3.8, 4) is 5.69 Å². The average molecular weight is 395 g/mol. The third-order valence-electron chi connectivity index (χ3n) is 4.63. The van der Waals surface area contributed by atoms with E-state index in [0.29, 0.717) is 5.65 Å².